The second-order valence-corrected chi connectivity index (χ2v) is 9.99. The molecule has 4 rings (SSSR count). The molecule has 10 nitrogen and oxygen atoms in total. The average molecular weight is 618 g/mol. The zero-order valence-corrected chi connectivity index (χ0v) is 24.9. The highest BCUT2D eigenvalue weighted by atomic mass is 35.5. The lowest BCUT2D eigenvalue weighted by Gasteiger charge is -2.30. The Hall–Kier alpha value is -4.92. The Labute approximate surface area is 259 Å². The second-order valence-electron chi connectivity index (χ2n) is 9.15. The second kappa shape index (κ2) is 14.8. The minimum atomic E-state index is -0.647. The first kappa shape index (κ1) is 31.0. The molecule has 1 aliphatic heterocycles. The van der Waals surface area contributed by atoms with Crippen LogP contribution in [0, 0.1) is 11.3 Å². The average Bonchev–Trinajstić information content (AvgIpc) is 2.99. The molecule has 0 bridgehead atoms. The number of thiocarbonyl (C=S) groups is 1. The number of ether oxygens (including phenoxy) is 3. The van der Waals surface area contributed by atoms with E-state index in [1.54, 1.807) is 68.4 Å². The fraction of sp³-hybridized carbons (Fsp3) is 0.194. The van der Waals surface area contributed by atoms with E-state index in [2.05, 4.69) is 27.2 Å². The summed E-state index contributed by atoms with van der Waals surface area (Å²) < 4.78 is 17.0. The number of hydrogen-bond acceptors (Lipinski definition) is 8. The number of hydrazone groups is 1. The normalized spacial score (nSPS) is 14.4. The molecular formula is C31H28ClN5O5S. The van der Waals surface area contributed by atoms with Crippen LogP contribution in [0.3, 0.4) is 0 Å². The molecular weight excluding hydrogens is 590 g/mol. The monoisotopic (exact) mass is 617 g/mol. The molecule has 3 aromatic rings. The minimum Gasteiger partial charge on any atom is -0.488 e. The molecule has 0 spiro atoms. The first-order chi connectivity index (χ1) is 20.8. The molecule has 43 heavy (non-hydrogen) atoms. The van der Waals surface area contributed by atoms with E-state index in [0.29, 0.717) is 49.6 Å². The van der Waals surface area contributed by atoms with E-state index in [0.717, 1.165) is 5.56 Å². The predicted octanol–water partition coefficient (Wildman–Crippen LogP) is 4.68. The van der Waals surface area contributed by atoms with Gasteiger partial charge in [0, 0.05) is 27.4 Å². The zero-order chi connectivity index (χ0) is 30.8. The molecule has 12 heteroatoms. The maximum atomic E-state index is 12.7. The Morgan fingerprint density at radius 1 is 1.12 bits per heavy atom. The number of hydrogen-bond donors (Lipinski definition) is 3. The van der Waals surface area contributed by atoms with Gasteiger partial charge in [0.15, 0.2) is 11.7 Å². The number of nitrogens with one attached hydrogen (secondary N) is 3. The summed E-state index contributed by atoms with van der Waals surface area (Å²) in [5.74, 6) is -0.173. The summed E-state index contributed by atoms with van der Waals surface area (Å²) in [4.78, 5) is 25.4. The van der Waals surface area contributed by atoms with Crippen LogP contribution in [0.15, 0.2) is 83.1 Å². The Balaban J connectivity index is 1.42. The molecule has 0 saturated heterocycles. The molecule has 0 unspecified atom stereocenters. The van der Waals surface area contributed by atoms with Crippen LogP contribution < -0.4 is 25.5 Å². The summed E-state index contributed by atoms with van der Waals surface area (Å²) in [5.41, 5.74) is 5.72. The van der Waals surface area contributed by atoms with Crippen molar-refractivity contribution in [3.05, 3.63) is 105 Å². The van der Waals surface area contributed by atoms with E-state index in [4.69, 9.17) is 38.0 Å². The minimum absolute atomic E-state index is 0.162. The summed E-state index contributed by atoms with van der Waals surface area (Å²) in [5, 5.41) is 20.2. The van der Waals surface area contributed by atoms with Crippen molar-refractivity contribution >= 4 is 47.0 Å². The molecule has 0 saturated carbocycles. The first-order valence-corrected chi connectivity index (χ1v) is 14.0. The van der Waals surface area contributed by atoms with E-state index in [-0.39, 0.29) is 19.8 Å². The lowest BCUT2D eigenvalue weighted by Crippen LogP contribution is -2.45. The number of carbonyl (C=O) groups is 2. The number of rotatable bonds is 11. The third-order valence-electron chi connectivity index (χ3n) is 6.24. The lowest BCUT2D eigenvalue weighted by molar-refractivity contribution is -0.139. The van der Waals surface area contributed by atoms with Crippen molar-refractivity contribution in [3.63, 3.8) is 0 Å². The van der Waals surface area contributed by atoms with Gasteiger partial charge >= 0.3 is 5.97 Å². The summed E-state index contributed by atoms with van der Waals surface area (Å²) in [6.07, 6.45) is 1.41. The Morgan fingerprint density at radius 3 is 2.67 bits per heavy atom. The van der Waals surface area contributed by atoms with Crippen LogP contribution in [0.25, 0.3) is 0 Å². The smallest absolute Gasteiger partial charge is 0.338 e. The fourth-order valence-corrected chi connectivity index (χ4v) is 4.72. The van der Waals surface area contributed by atoms with Gasteiger partial charge in [-0.05, 0) is 56.4 Å². The molecule has 0 aromatic heterocycles. The van der Waals surface area contributed by atoms with Gasteiger partial charge in [-0.2, -0.15) is 10.4 Å². The highest BCUT2D eigenvalue weighted by Crippen LogP contribution is 2.33. The van der Waals surface area contributed by atoms with Crippen molar-refractivity contribution in [2.45, 2.75) is 26.5 Å². The predicted molar refractivity (Wildman–Crippen MR) is 166 cm³/mol. The molecule has 1 amide bonds. The number of allylic oxidation sites excluding steroid dienone is 1. The topological polar surface area (TPSA) is 134 Å². The Morgan fingerprint density at radius 2 is 1.88 bits per heavy atom. The zero-order valence-electron chi connectivity index (χ0n) is 23.3. The molecule has 1 atom stereocenters. The van der Waals surface area contributed by atoms with Crippen molar-refractivity contribution < 1.29 is 23.8 Å². The van der Waals surface area contributed by atoms with Gasteiger partial charge in [0.05, 0.1) is 36.1 Å². The molecule has 0 aliphatic carbocycles. The van der Waals surface area contributed by atoms with Crippen LogP contribution in [0.5, 0.6) is 11.5 Å². The number of halogens is 1. The van der Waals surface area contributed by atoms with E-state index < -0.39 is 17.9 Å². The fourth-order valence-electron chi connectivity index (χ4n) is 4.27. The van der Waals surface area contributed by atoms with Crippen molar-refractivity contribution in [1.82, 2.24) is 16.1 Å². The van der Waals surface area contributed by atoms with E-state index in [1.807, 2.05) is 12.1 Å². The number of carbonyl (C=O) groups excluding carboxylic acids is 2. The maximum absolute atomic E-state index is 12.7. The van der Waals surface area contributed by atoms with Crippen LogP contribution in [0.4, 0.5) is 0 Å². The van der Waals surface area contributed by atoms with Gasteiger partial charge in [0.25, 0.3) is 5.91 Å². The largest absolute Gasteiger partial charge is 0.488 e. The molecule has 1 aliphatic rings. The quantitative estimate of drug-likeness (QED) is 0.121. The highest BCUT2D eigenvalue weighted by Gasteiger charge is 2.32. The number of nitrogens with zero attached hydrogens (tertiary/aromatic N) is 2. The van der Waals surface area contributed by atoms with Gasteiger partial charge in [0.1, 0.15) is 18.1 Å². The van der Waals surface area contributed by atoms with Crippen molar-refractivity contribution in [2.24, 2.45) is 5.10 Å². The van der Waals surface area contributed by atoms with Gasteiger partial charge in [-0.3, -0.25) is 4.79 Å². The van der Waals surface area contributed by atoms with Gasteiger partial charge in [0.2, 0.25) is 0 Å². The van der Waals surface area contributed by atoms with Gasteiger partial charge in [-0.25, -0.2) is 10.2 Å². The summed E-state index contributed by atoms with van der Waals surface area (Å²) >= 11 is 11.5. The Bertz CT molecular complexity index is 1630. The van der Waals surface area contributed by atoms with E-state index >= 15 is 0 Å². The molecule has 0 fully saturated rings. The highest BCUT2D eigenvalue weighted by molar-refractivity contribution is 7.80. The molecule has 0 radical (unpaired) electrons. The van der Waals surface area contributed by atoms with Crippen LogP contribution in [-0.2, 0) is 20.9 Å². The maximum Gasteiger partial charge on any atom is 0.338 e. The van der Waals surface area contributed by atoms with Gasteiger partial charge < -0.3 is 24.8 Å². The SMILES string of the molecule is CCOC(=O)C1=C(C)NC(=S)N[C@@H]1c1ccccc1OCC(=O)NN=Cc1cc(Cl)ccc1OCc1ccccc1C#N. The lowest BCUT2D eigenvalue weighted by atomic mass is 9.95. The summed E-state index contributed by atoms with van der Waals surface area (Å²) in [7, 11) is 0. The number of esters is 1. The van der Waals surface area contributed by atoms with Gasteiger partial charge in [-0.1, -0.05) is 48.0 Å². The van der Waals surface area contributed by atoms with Crippen LogP contribution >= 0.6 is 23.8 Å². The first-order valence-electron chi connectivity index (χ1n) is 13.2. The Kier molecular flexibility index (Phi) is 10.7. The molecule has 3 N–H and O–H groups in total. The van der Waals surface area contributed by atoms with Crippen molar-refractivity contribution in [1.29, 1.82) is 5.26 Å². The number of para-hydroxylation sites is 1. The third-order valence-corrected chi connectivity index (χ3v) is 6.69. The van der Waals surface area contributed by atoms with E-state index in [1.165, 1.54) is 6.21 Å². The van der Waals surface area contributed by atoms with Crippen LogP contribution in [0.2, 0.25) is 5.02 Å². The standard InChI is InChI=1S/C31H28ClN5O5S/c1-3-40-30(39)28-19(2)35-31(43)36-29(28)24-10-6-7-11-26(24)42-18-27(38)37-34-16-22-14-23(32)12-13-25(22)41-17-21-9-5-4-8-20(21)15-33/h4-14,16,29H,3,17-18H2,1-2H3,(H,37,38)(H2,35,36,43)/t29-/m1/s1. The van der Waals surface area contributed by atoms with Crippen LogP contribution in [-0.4, -0.2) is 36.4 Å². The van der Waals surface area contributed by atoms with E-state index in [9.17, 15) is 14.9 Å². The molecule has 1 heterocycles. The molecule has 220 valence electrons. The third kappa shape index (κ3) is 8.09. The van der Waals surface area contributed by atoms with Gasteiger partial charge in [-0.15, -0.1) is 0 Å². The number of nitriles is 1. The number of benzene rings is 3. The van der Waals surface area contributed by atoms with Crippen molar-refractivity contribution in [3.8, 4) is 17.6 Å². The summed E-state index contributed by atoms with van der Waals surface area (Å²) in [6, 6.07) is 20.6. The molecule has 3 aromatic carbocycles. The van der Waals surface area contributed by atoms with Crippen LogP contribution in [0.1, 0.15) is 42.1 Å². The number of amides is 1. The summed E-state index contributed by atoms with van der Waals surface area (Å²) in [6.45, 7) is 3.48. The van der Waals surface area contributed by atoms with Crippen molar-refractivity contribution in [2.75, 3.05) is 13.2 Å².